The lowest BCUT2D eigenvalue weighted by molar-refractivity contribution is -0.136. The Hall–Kier alpha value is -2.24. The van der Waals surface area contributed by atoms with Crippen molar-refractivity contribution >= 4 is 11.7 Å². The normalized spacial score (nSPS) is 17.8. The molecule has 0 aromatic heterocycles. The number of carbonyl (C=O) groups is 1. The zero-order valence-corrected chi connectivity index (χ0v) is 12.2. The van der Waals surface area contributed by atoms with E-state index in [9.17, 15) is 4.79 Å². The number of amides is 1. The smallest absolute Gasteiger partial charge is 0.229 e. The molecule has 1 aliphatic rings. The highest BCUT2D eigenvalue weighted by Gasteiger charge is 2.28. The highest BCUT2D eigenvalue weighted by atomic mass is 16.5. The molecule has 6 nitrogen and oxygen atoms in total. The Kier molecular flexibility index (Phi) is 5.03. The zero-order chi connectivity index (χ0) is 15.2. The van der Waals surface area contributed by atoms with Gasteiger partial charge in [-0.1, -0.05) is 23.4 Å². The Morgan fingerprint density at radius 1 is 1.52 bits per heavy atom. The van der Waals surface area contributed by atoms with Crippen LogP contribution >= 0.6 is 0 Å². The third-order valence-electron chi connectivity index (χ3n) is 3.69. The number of benzene rings is 1. The second kappa shape index (κ2) is 6.97. The van der Waals surface area contributed by atoms with Gasteiger partial charge >= 0.3 is 0 Å². The van der Waals surface area contributed by atoms with Crippen LogP contribution in [0.4, 0.5) is 0 Å². The maximum Gasteiger partial charge on any atom is 0.229 e. The van der Waals surface area contributed by atoms with Crippen molar-refractivity contribution in [3.63, 3.8) is 0 Å². The molecule has 1 aromatic carbocycles. The first-order valence-electron chi connectivity index (χ1n) is 7.11. The third kappa shape index (κ3) is 3.65. The van der Waals surface area contributed by atoms with Crippen LogP contribution in [0.3, 0.4) is 0 Å². The van der Waals surface area contributed by atoms with Crippen LogP contribution in [0.5, 0.6) is 5.75 Å². The van der Waals surface area contributed by atoms with E-state index in [4.69, 9.17) is 15.7 Å². The Morgan fingerprint density at radius 2 is 2.29 bits per heavy atom. The van der Waals surface area contributed by atoms with Gasteiger partial charge in [0.2, 0.25) is 5.91 Å². The van der Waals surface area contributed by atoms with Gasteiger partial charge in [-0.15, -0.1) is 0 Å². The van der Waals surface area contributed by atoms with Gasteiger partial charge in [-0.25, -0.2) is 0 Å². The summed E-state index contributed by atoms with van der Waals surface area (Å²) < 4.78 is 5.66. The van der Waals surface area contributed by atoms with Crippen LogP contribution in [0.1, 0.15) is 18.9 Å². The van der Waals surface area contributed by atoms with Crippen LogP contribution in [0.15, 0.2) is 29.4 Å². The predicted molar refractivity (Wildman–Crippen MR) is 79.4 cm³/mol. The number of hydrogen-bond acceptors (Lipinski definition) is 4. The molecule has 3 N–H and O–H groups in total. The topological polar surface area (TPSA) is 88.1 Å². The Balaban J connectivity index is 1.99. The van der Waals surface area contributed by atoms with Crippen molar-refractivity contribution in [3.05, 3.63) is 29.8 Å². The molecule has 1 heterocycles. The van der Waals surface area contributed by atoms with Gasteiger partial charge in [-0.05, 0) is 25.0 Å². The molecule has 1 unspecified atom stereocenters. The molecule has 0 radical (unpaired) electrons. The molecule has 0 spiro atoms. The Labute approximate surface area is 124 Å². The molecule has 1 aliphatic heterocycles. The standard InChI is InChI=1S/C15H21N3O3/c1-2-18(8-7-14(16)17-20)15(19)12-9-11-5-3-4-6-13(11)21-10-12/h3-6,12,20H,2,7-10H2,1H3,(H2,16,17). The van der Waals surface area contributed by atoms with Gasteiger partial charge in [-0.2, -0.15) is 0 Å². The molecule has 21 heavy (non-hydrogen) atoms. The molecule has 0 aliphatic carbocycles. The lowest BCUT2D eigenvalue weighted by Gasteiger charge is -2.29. The molecule has 1 atom stereocenters. The van der Waals surface area contributed by atoms with Crippen molar-refractivity contribution < 1.29 is 14.7 Å². The largest absolute Gasteiger partial charge is 0.492 e. The van der Waals surface area contributed by atoms with Crippen LogP contribution < -0.4 is 10.5 Å². The predicted octanol–water partition coefficient (Wildman–Crippen LogP) is 1.22. The number of hydrogen-bond donors (Lipinski definition) is 2. The highest BCUT2D eigenvalue weighted by molar-refractivity contribution is 5.82. The van der Waals surface area contributed by atoms with Crippen molar-refractivity contribution in [1.29, 1.82) is 0 Å². The van der Waals surface area contributed by atoms with E-state index in [2.05, 4.69) is 5.16 Å². The van der Waals surface area contributed by atoms with Crippen molar-refractivity contribution in [3.8, 4) is 5.75 Å². The van der Waals surface area contributed by atoms with Crippen LogP contribution in [0, 0.1) is 5.92 Å². The van der Waals surface area contributed by atoms with Crippen molar-refractivity contribution in [2.75, 3.05) is 19.7 Å². The average molecular weight is 291 g/mol. The van der Waals surface area contributed by atoms with Gasteiger partial charge in [0, 0.05) is 19.5 Å². The van der Waals surface area contributed by atoms with Crippen LogP contribution in [0.2, 0.25) is 0 Å². The summed E-state index contributed by atoms with van der Waals surface area (Å²) in [6.45, 7) is 3.36. The molecule has 114 valence electrons. The molecule has 6 heteroatoms. The number of oxime groups is 1. The number of rotatable bonds is 5. The fourth-order valence-corrected chi connectivity index (χ4v) is 2.47. The molecular formula is C15H21N3O3. The fourth-order valence-electron chi connectivity index (χ4n) is 2.47. The summed E-state index contributed by atoms with van der Waals surface area (Å²) >= 11 is 0. The van der Waals surface area contributed by atoms with Crippen LogP contribution in [-0.4, -0.2) is 41.5 Å². The molecule has 0 saturated carbocycles. The molecule has 1 aromatic rings. The summed E-state index contributed by atoms with van der Waals surface area (Å²) in [6, 6.07) is 7.79. The minimum absolute atomic E-state index is 0.0535. The van der Waals surface area contributed by atoms with Gasteiger partial charge in [-0.3, -0.25) is 4.79 Å². The first kappa shape index (κ1) is 15.2. The van der Waals surface area contributed by atoms with Gasteiger partial charge < -0.3 is 20.6 Å². The fraction of sp³-hybridized carbons (Fsp3) is 0.467. The third-order valence-corrected chi connectivity index (χ3v) is 3.69. The van der Waals surface area contributed by atoms with Gasteiger partial charge in [0.25, 0.3) is 0 Å². The molecule has 1 amide bonds. The molecular weight excluding hydrogens is 270 g/mol. The quantitative estimate of drug-likeness (QED) is 0.369. The van der Waals surface area contributed by atoms with E-state index >= 15 is 0 Å². The number of para-hydroxylation sites is 1. The molecule has 0 saturated heterocycles. The monoisotopic (exact) mass is 291 g/mol. The summed E-state index contributed by atoms with van der Waals surface area (Å²) in [5, 5.41) is 11.5. The number of fused-ring (bicyclic) bond motifs is 1. The van der Waals surface area contributed by atoms with E-state index < -0.39 is 0 Å². The van der Waals surface area contributed by atoms with Crippen molar-refractivity contribution in [2.24, 2.45) is 16.8 Å². The second-order valence-electron chi connectivity index (χ2n) is 5.08. The van der Waals surface area contributed by atoms with E-state index in [0.29, 0.717) is 32.5 Å². The maximum absolute atomic E-state index is 12.5. The van der Waals surface area contributed by atoms with E-state index in [1.807, 2.05) is 31.2 Å². The SMILES string of the molecule is CCN(CCC(N)=NO)C(=O)C1COc2ccccc2C1. The summed E-state index contributed by atoms with van der Waals surface area (Å²) in [7, 11) is 0. The van der Waals surface area contributed by atoms with Crippen molar-refractivity contribution in [1.82, 2.24) is 4.90 Å². The minimum Gasteiger partial charge on any atom is -0.492 e. The lowest BCUT2D eigenvalue weighted by Crippen LogP contribution is -2.42. The van der Waals surface area contributed by atoms with Crippen LogP contribution in [0.25, 0.3) is 0 Å². The van der Waals surface area contributed by atoms with E-state index in [0.717, 1.165) is 11.3 Å². The highest BCUT2D eigenvalue weighted by Crippen LogP contribution is 2.27. The van der Waals surface area contributed by atoms with Gasteiger partial charge in [0.15, 0.2) is 0 Å². The Bertz CT molecular complexity index is 531. The number of nitrogens with two attached hydrogens (primary N) is 1. The molecule has 0 fully saturated rings. The first-order chi connectivity index (χ1) is 10.2. The molecule has 2 rings (SSSR count). The average Bonchev–Trinajstić information content (AvgIpc) is 2.54. The van der Waals surface area contributed by atoms with Crippen molar-refractivity contribution in [2.45, 2.75) is 19.8 Å². The van der Waals surface area contributed by atoms with E-state index in [-0.39, 0.29) is 17.7 Å². The number of nitrogens with zero attached hydrogens (tertiary/aromatic N) is 2. The Morgan fingerprint density at radius 3 is 3.00 bits per heavy atom. The van der Waals surface area contributed by atoms with E-state index in [1.165, 1.54) is 0 Å². The van der Waals surface area contributed by atoms with Gasteiger partial charge in [0.1, 0.15) is 18.2 Å². The summed E-state index contributed by atoms with van der Waals surface area (Å²) in [5.74, 6) is 0.873. The number of ether oxygens (including phenoxy) is 1. The second-order valence-corrected chi connectivity index (χ2v) is 5.08. The van der Waals surface area contributed by atoms with Crippen LogP contribution in [-0.2, 0) is 11.2 Å². The zero-order valence-electron chi connectivity index (χ0n) is 12.2. The number of carbonyl (C=O) groups excluding carboxylic acids is 1. The minimum atomic E-state index is -0.174. The lowest BCUT2D eigenvalue weighted by atomic mass is 9.95. The summed E-state index contributed by atoms with van der Waals surface area (Å²) in [6.07, 6.45) is 1.05. The van der Waals surface area contributed by atoms with Gasteiger partial charge in [0.05, 0.1) is 5.92 Å². The van der Waals surface area contributed by atoms with E-state index in [1.54, 1.807) is 4.90 Å². The number of amidine groups is 1. The summed E-state index contributed by atoms with van der Waals surface area (Å²) in [5.41, 5.74) is 6.52. The maximum atomic E-state index is 12.5. The summed E-state index contributed by atoms with van der Waals surface area (Å²) in [4.78, 5) is 14.3. The first-order valence-corrected chi connectivity index (χ1v) is 7.11. The molecule has 0 bridgehead atoms.